The maximum Gasteiger partial charge on any atom is 0.212 e. The lowest BCUT2D eigenvalue weighted by atomic mass is 9.98. The van der Waals surface area contributed by atoms with Gasteiger partial charge in [-0.3, -0.25) is 0 Å². The van der Waals surface area contributed by atoms with Crippen LogP contribution in [0.5, 0.6) is 0 Å². The van der Waals surface area contributed by atoms with Gasteiger partial charge in [-0.25, -0.2) is 4.57 Å². The van der Waals surface area contributed by atoms with Gasteiger partial charge in [0.2, 0.25) is 5.69 Å². The van der Waals surface area contributed by atoms with Gasteiger partial charge in [0.15, 0.2) is 6.20 Å². The first-order valence-corrected chi connectivity index (χ1v) is 5.62. The van der Waals surface area contributed by atoms with Crippen molar-refractivity contribution in [3.8, 4) is 11.3 Å². The first-order chi connectivity index (χ1) is 7.59. The molecule has 2 aromatic rings. The minimum absolute atomic E-state index is 1.27. The van der Waals surface area contributed by atoms with E-state index in [4.69, 9.17) is 0 Å². The van der Waals surface area contributed by atoms with Crippen molar-refractivity contribution in [3.63, 3.8) is 0 Å². The summed E-state index contributed by atoms with van der Waals surface area (Å²) in [6.07, 6.45) is 2.09. The molecular formula is C15H18N+. The van der Waals surface area contributed by atoms with Crippen LogP contribution < -0.4 is 4.57 Å². The SMILES string of the molecule is Cc1cc(C)c(-c2cccc[n+]2C)cc1C. The molecule has 0 amide bonds. The molecule has 0 saturated heterocycles. The van der Waals surface area contributed by atoms with Crippen molar-refractivity contribution in [3.05, 3.63) is 53.2 Å². The van der Waals surface area contributed by atoms with E-state index >= 15 is 0 Å². The van der Waals surface area contributed by atoms with Gasteiger partial charge in [0, 0.05) is 17.7 Å². The highest BCUT2D eigenvalue weighted by Gasteiger charge is 2.11. The zero-order chi connectivity index (χ0) is 11.7. The van der Waals surface area contributed by atoms with Gasteiger partial charge in [0.25, 0.3) is 0 Å². The van der Waals surface area contributed by atoms with Crippen LogP contribution in [0.2, 0.25) is 0 Å². The molecule has 0 aliphatic heterocycles. The Morgan fingerprint density at radius 3 is 2.25 bits per heavy atom. The van der Waals surface area contributed by atoms with Crippen LogP contribution in [0.3, 0.4) is 0 Å². The average molecular weight is 212 g/mol. The van der Waals surface area contributed by atoms with Crippen molar-refractivity contribution in [2.45, 2.75) is 20.8 Å². The fourth-order valence-corrected chi connectivity index (χ4v) is 2.04. The highest BCUT2D eigenvalue weighted by atomic mass is 14.9. The van der Waals surface area contributed by atoms with E-state index < -0.39 is 0 Å². The van der Waals surface area contributed by atoms with Crippen LogP contribution in [-0.2, 0) is 7.05 Å². The van der Waals surface area contributed by atoms with Gasteiger partial charge in [-0.2, -0.15) is 0 Å². The molecule has 1 aromatic carbocycles. The molecule has 0 radical (unpaired) electrons. The lowest BCUT2D eigenvalue weighted by molar-refractivity contribution is -0.660. The monoisotopic (exact) mass is 212 g/mol. The van der Waals surface area contributed by atoms with E-state index in [1.165, 1.54) is 27.9 Å². The maximum absolute atomic E-state index is 2.28. The number of pyridine rings is 1. The normalized spacial score (nSPS) is 10.5. The molecule has 1 aromatic heterocycles. The van der Waals surface area contributed by atoms with Crippen LogP contribution in [0.1, 0.15) is 16.7 Å². The largest absolute Gasteiger partial charge is 0.212 e. The summed E-state index contributed by atoms with van der Waals surface area (Å²) in [6.45, 7) is 6.51. The van der Waals surface area contributed by atoms with Crippen LogP contribution in [-0.4, -0.2) is 0 Å². The van der Waals surface area contributed by atoms with Gasteiger partial charge in [-0.05, 0) is 49.6 Å². The summed E-state index contributed by atoms with van der Waals surface area (Å²) in [7, 11) is 2.09. The highest BCUT2D eigenvalue weighted by molar-refractivity contribution is 5.62. The van der Waals surface area contributed by atoms with E-state index in [1.54, 1.807) is 0 Å². The number of benzene rings is 1. The molecule has 0 spiro atoms. The summed E-state index contributed by atoms with van der Waals surface area (Å²) in [5.41, 5.74) is 6.64. The van der Waals surface area contributed by atoms with Crippen molar-refractivity contribution in [2.75, 3.05) is 0 Å². The van der Waals surface area contributed by atoms with E-state index in [0.29, 0.717) is 0 Å². The fourth-order valence-electron chi connectivity index (χ4n) is 2.04. The Labute approximate surface area is 97.4 Å². The molecule has 2 rings (SSSR count). The van der Waals surface area contributed by atoms with Gasteiger partial charge in [0.05, 0.1) is 0 Å². The van der Waals surface area contributed by atoms with Crippen LogP contribution in [0.4, 0.5) is 0 Å². The molecule has 0 aliphatic rings. The Balaban J connectivity index is 2.65. The van der Waals surface area contributed by atoms with Crippen LogP contribution in [0.25, 0.3) is 11.3 Å². The summed E-state index contributed by atoms with van der Waals surface area (Å²) in [4.78, 5) is 0. The van der Waals surface area contributed by atoms with Crippen molar-refractivity contribution in [1.82, 2.24) is 0 Å². The Bertz CT molecular complexity index is 527. The van der Waals surface area contributed by atoms with Gasteiger partial charge < -0.3 is 0 Å². The lowest BCUT2D eigenvalue weighted by Crippen LogP contribution is -2.30. The van der Waals surface area contributed by atoms with Gasteiger partial charge in [0.1, 0.15) is 7.05 Å². The number of rotatable bonds is 1. The quantitative estimate of drug-likeness (QED) is 0.639. The number of aromatic nitrogens is 1. The zero-order valence-electron chi connectivity index (χ0n) is 10.4. The standard InChI is InChI=1S/C15H18N/c1-11-9-13(3)14(10-12(11)2)15-7-5-6-8-16(15)4/h5-10H,1-4H3/q+1. The summed E-state index contributed by atoms with van der Waals surface area (Å²) < 4.78 is 2.16. The predicted molar refractivity (Wildman–Crippen MR) is 67.3 cm³/mol. The Morgan fingerprint density at radius 2 is 1.56 bits per heavy atom. The van der Waals surface area contributed by atoms with Crippen LogP contribution in [0, 0.1) is 20.8 Å². The van der Waals surface area contributed by atoms with E-state index in [9.17, 15) is 0 Å². The maximum atomic E-state index is 2.28. The third-order valence-electron chi connectivity index (χ3n) is 3.17. The van der Waals surface area contributed by atoms with E-state index in [1.807, 2.05) is 0 Å². The van der Waals surface area contributed by atoms with Gasteiger partial charge in [-0.15, -0.1) is 0 Å². The van der Waals surface area contributed by atoms with Gasteiger partial charge in [-0.1, -0.05) is 6.07 Å². The Kier molecular flexibility index (Phi) is 2.78. The fraction of sp³-hybridized carbons (Fsp3) is 0.267. The molecule has 1 heterocycles. The molecule has 0 aliphatic carbocycles. The van der Waals surface area contributed by atoms with E-state index in [2.05, 4.69) is 68.9 Å². The number of nitrogens with zero attached hydrogens (tertiary/aromatic N) is 1. The average Bonchev–Trinajstić information content (AvgIpc) is 2.25. The number of aryl methyl sites for hydroxylation is 4. The second-order valence-electron chi connectivity index (χ2n) is 4.45. The summed E-state index contributed by atoms with van der Waals surface area (Å²) in [5.74, 6) is 0. The molecule has 0 atom stereocenters. The zero-order valence-corrected chi connectivity index (χ0v) is 10.4. The molecule has 16 heavy (non-hydrogen) atoms. The number of hydrogen-bond acceptors (Lipinski definition) is 0. The minimum Gasteiger partial charge on any atom is -0.201 e. The van der Waals surface area contributed by atoms with Crippen molar-refractivity contribution >= 4 is 0 Å². The molecule has 0 N–H and O–H groups in total. The molecule has 0 fully saturated rings. The van der Waals surface area contributed by atoms with Crippen LogP contribution in [0.15, 0.2) is 36.5 Å². The Morgan fingerprint density at radius 1 is 0.875 bits per heavy atom. The summed E-state index contributed by atoms with van der Waals surface area (Å²) in [5, 5.41) is 0. The topological polar surface area (TPSA) is 3.88 Å². The molecule has 0 unspecified atom stereocenters. The third-order valence-corrected chi connectivity index (χ3v) is 3.17. The van der Waals surface area contributed by atoms with Crippen molar-refractivity contribution in [1.29, 1.82) is 0 Å². The third kappa shape index (κ3) is 1.85. The first kappa shape index (κ1) is 10.9. The van der Waals surface area contributed by atoms with E-state index in [0.717, 1.165) is 0 Å². The van der Waals surface area contributed by atoms with Crippen molar-refractivity contribution < 1.29 is 4.57 Å². The first-order valence-electron chi connectivity index (χ1n) is 5.62. The van der Waals surface area contributed by atoms with Crippen molar-refractivity contribution in [2.24, 2.45) is 7.05 Å². The molecule has 0 bridgehead atoms. The second-order valence-corrected chi connectivity index (χ2v) is 4.45. The second kappa shape index (κ2) is 4.09. The van der Waals surface area contributed by atoms with E-state index in [-0.39, 0.29) is 0 Å². The summed E-state index contributed by atoms with van der Waals surface area (Å²) in [6, 6.07) is 10.8. The lowest BCUT2D eigenvalue weighted by Gasteiger charge is -2.08. The Hall–Kier alpha value is -1.63. The molecular weight excluding hydrogens is 194 g/mol. The smallest absolute Gasteiger partial charge is 0.201 e. The predicted octanol–water partition coefficient (Wildman–Crippen LogP) is 3.10. The van der Waals surface area contributed by atoms with Gasteiger partial charge >= 0.3 is 0 Å². The minimum atomic E-state index is 1.27. The summed E-state index contributed by atoms with van der Waals surface area (Å²) >= 11 is 0. The molecule has 1 heteroatoms. The number of hydrogen-bond donors (Lipinski definition) is 0. The van der Waals surface area contributed by atoms with Crippen LogP contribution >= 0.6 is 0 Å². The molecule has 1 nitrogen and oxygen atoms in total. The molecule has 0 saturated carbocycles. The highest BCUT2D eigenvalue weighted by Crippen LogP contribution is 2.23. The molecule has 82 valence electrons.